The molecule has 0 saturated heterocycles. The highest BCUT2D eigenvalue weighted by Gasteiger charge is 2.11. The molecule has 0 fully saturated rings. The molecule has 1 aromatic carbocycles. The Bertz CT molecular complexity index is 894. The summed E-state index contributed by atoms with van der Waals surface area (Å²) >= 11 is 6.54. The number of nitrogens with zero attached hydrogens (tertiary/aromatic N) is 1. The number of hydrogen-bond acceptors (Lipinski definition) is 5. The zero-order valence-electron chi connectivity index (χ0n) is 13.2. The second kappa shape index (κ2) is 8.07. The van der Waals surface area contributed by atoms with E-state index in [1.165, 1.54) is 24.5 Å². The minimum absolute atomic E-state index is 0.152. The molecule has 0 aliphatic rings. The van der Waals surface area contributed by atoms with Gasteiger partial charge in [0.2, 0.25) is 5.91 Å². The van der Waals surface area contributed by atoms with Gasteiger partial charge in [0, 0.05) is 21.8 Å². The van der Waals surface area contributed by atoms with Gasteiger partial charge >= 0.3 is 0 Å². The number of thiazole rings is 1. The lowest BCUT2D eigenvalue weighted by Gasteiger charge is -2.06. The van der Waals surface area contributed by atoms with E-state index in [0.29, 0.717) is 5.56 Å². The summed E-state index contributed by atoms with van der Waals surface area (Å²) in [4.78, 5) is 17.6. The quantitative estimate of drug-likeness (QED) is 0.607. The van der Waals surface area contributed by atoms with Gasteiger partial charge in [0.1, 0.15) is 5.01 Å². The average molecular weight is 441 g/mol. The Labute approximate surface area is 160 Å². The van der Waals surface area contributed by atoms with E-state index in [1.54, 1.807) is 23.5 Å². The maximum Gasteiger partial charge on any atom is 0.226 e. The van der Waals surface area contributed by atoms with Gasteiger partial charge in [-0.3, -0.25) is 4.79 Å². The first-order valence-electron chi connectivity index (χ1n) is 7.33. The van der Waals surface area contributed by atoms with Crippen LogP contribution in [0.3, 0.4) is 0 Å². The predicted octanol–water partition coefficient (Wildman–Crippen LogP) is 4.64. The Morgan fingerprint density at radius 2 is 2.16 bits per heavy atom. The van der Waals surface area contributed by atoms with E-state index in [2.05, 4.69) is 26.2 Å². The van der Waals surface area contributed by atoms with Gasteiger partial charge in [0.25, 0.3) is 0 Å². The number of rotatable bonds is 6. The summed E-state index contributed by atoms with van der Waals surface area (Å²) in [6.07, 6.45) is 0.196. The van der Waals surface area contributed by atoms with Crippen molar-refractivity contribution in [1.82, 2.24) is 10.3 Å². The molecule has 1 amide bonds. The number of hydrogen-bond donors (Lipinski definition) is 1. The molecule has 4 nitrogen and oxygen atoms in total. The van der Waals surface area contributed by atoms with Gasteiger partial charge in [-0.05, 0) is 39.7 Å². The van der Waals surface area contributed by atoms with Crippen LogP contribution in [0.4, 0.5) is 4.39 Å². The summed E-state index contributed by atoms with van der Waals surface area (Å²) in [5.74, 6) is -0.411. The van der Waals surface area contributed by atoms with Gasteiger partial charge in [-0.1, -0.05) is 6.07 Å². The van der Waals surface area contributed by atoms with E-state index in [-0.39, 0.29) is 24.6 Å². The van der Waals surface area contributed by atoms with Gasteiger partial charge in [0.15, 0.2) is 11.6 Å². The van der Waals surface area contributed by atoms with Gasteiger partial charge in [0.05, 0.1) is 24.1 Å². The number of halogens is 2. The number of nitrogens with one attached hydrogen (secondary N) is 1. The summed E-state index contributed by atoms with van der Waals surface area (Å²) in [5.41, 5.74) is 1.40. The van der Waals surface area contributed by atoms with Crippen molar-refractivity contribution in [2.75, 3.05) is 7.11 Å². The van der Waals surface area contributed by atoms with Crippen LogP contribution in [-0.2, 0) is 17.8 Å². The Kier molecular flexibility index (Phi) is 5.82. The van der Waals surface area contributed by atoms with E-state index in [9.17, 15) is 9.18 Å². The molecule has 3 aromatic rings. The molecule has 130 valence electrons. The van der Waals surface area contributed by atoms with Crippen molar-refractivity contribution in [1.29, 1.82) is 0 Å². The average Bonchev–Trinajstić information content (AvgIpc) is 3.22. The molecule has 0 unspecified atom stereocenters. The van der Waals surface area contributed by atoms with Crippen molar-refractivity contribution in [3.63, 3.8) is 0 Å². The Morgan fingerprint density at radius 1 is 1.32 bits per heavy atom. The van der Waals surface area contributed by atoms with Crippen LogP contribution >= 0.6 is 38.6 Å². The van der Waals surface area contributed by atoms with Crippen LogP contribution in [0, 0.1) is 5.82 Å². The summed E-state index contributed by atoms with van der Waals surface area (Å²) < 4.78 is 19.5. The molecule has 0 spiro atoms. The van der Waals surface area contributed by atoms with Gasteiger partial charge in [-0.15, -0.1) is 22.7 Å². The van der Waals surface area contributed by atoms with Crippen LogP contribution < -0.4 is 10.1 Å². The van der Waals surface area contributed by atoms with Crippen LogP contribution in [0.15, 0.2) is 39.5 Å². The molecule has 2 aromatic heterocycles. The SMILES string of the molecule is COc1ccc(CNC(=O)Cc2csc(-c3cc(Br)cs3)n2)cc1F. The first-order chi connectivity index (χ1) is 12.0. The number of ether oxygens (including phenoxy) is 1. The van der Waals surface area contributed by atoms with E-state index in [4.69, 9.17) is 4.74 Å². The van der Waals surface area contributed by atoms with E-state index >= 15 is 0 Å². The van der Waals surface area contributed by atoms with E-state index in [0.717, 1.165) is 20.1 Å². The highest BCUT2D eigenvalue weighted by atomic mass is 79.9. The maximum atomic E-state index is 13.6. The van der Waals surface area contributed by atoms with Crippen LogP contribution in [0.2, 0.25) is 0 Å². The first kappa shape index (κ1) is 18.0. The molecule has 0 aliphatic heterocycles. The largest absolute Gasteiger partial charge is 0.494 e. The van der Waals surface area contributed by atoms with Crippen molar-refractivity contribution in [2.24, 2.45) is 0 Å². The molecular weight excluding hydrogens is 427 g/mol. The van der Waals surface area contributed by atoms with E-state index in [1.807, 2.05) is 16.8 Å². The minimum Gasteiger partial charge on any atom is -0.494 e. The molecule has 3 rings (SSSR count). The predicted molar refractivity (Wildman–Crippen MR) is 102 cm³/mol. The molecule has 0 aliphatic carbocycles. The van der Waals surface area contributed by atoms with Crippen molar-refractivity contribution in [3.05, 3.63) is 56.6 Å². The Balaban J connectivity index is 1.56. The molecule has 25 heavy (non-hydrogen) atoms. The number of benzene rings is 1. The van der Waals surface area contributed by atoms with Crippen LogP contribution in [0.1, 0.15) is 11.3 Å². The first-order valence-corrected chi connectivity index (χ1v) is 9.88. The number of carbonyl (C=O) groups excluding carboxylic acids is 1. The fourth-order valence-corrected chi connectivity index (χ4v) is 4.50. The molecule has 0 saturated carbocycles. The fourth-order valence-electron chi connectivity index (χ4n) is 2.17. The smallest absolute Gasteiger partial charge is 0.226 e. The van der Waals surface area contributed by atoms with Gasteiger partial charge in [-0.25, -0.2) is 9.37 Å². The van der Waals surface area contributed by atoms with Crippen molar-refractivity contribution in [3.8, 4) is 15.6 Å². The lowest BCUT2D eigenvalue weighted by molar-refractivity contribution is -0.120. The third kappa shape index (κ3) is 4.65. The summed E-state index contributed by atoms with van der Waals surface area (Å²) in [5, 5.41) is 7.56. The Hall–Kier alpha value is -1.77. The molecule has 0 radical (unpaired) electrons. The van der Waals surface area contributed by atoms with Gasteiger partial charge in [-0.2, -0.15) is 0 Å². The zero-order valence-corrected chi connectivity index (χ0v) is 16.4. The standard InChI is InChI=1S/C17H14BrFN2O2S2/c1-23-14-3-2-10(4-13(14)19)7-20-16(22)6-12-9-25-17(21-12)15-5-11(18)8-24-15/h2-5,8-9H,6-7H2,1H3,(H,20,22). The molecule has 0 atom stereocenters. The number of aromatic nitrogens is 1. The van der Waals surface area contributed by atoms with Crippen LogP contribution in [0.25, 0.3) is 9.88 Å². The second-order valence-corrected chi connectivity index (χ2v) is 7.88. The maximum absolute atomic E-state index is 13.6. The van der Waals surface area contributed by atoms with Crippen molar-refractivity contribution in [2.45, 2.75) is 13.0 Å². The monoisotopic (exact) mass is 440 g/mol. The molecule has 8 heteroatoms. The molecule has 1 N–H and O–H groups in total. The van der Waals surface area contributed by atoms with Crippen molar-refractivity contribution < 1.29 is 13.9 Å². The second-order valence-electron chi connectivity index (χ2n) is 5.20. The molecule has 2 heterocycles. The highest BCUT2D eigenvalue weighted by Crippen LogP contribution is 2.32. The van der Waals surface area contributed by atoms with Crippen LogP contribution in [0.5, 0.6) is 5.75 Å². The zero-order chi connectivity index (χ0) is 17.8. The molecule has 0 bridgehead atoms. The number of thiophene rings is 1. The topological polar surface area (TPSA) is 51.2 Å². The number of carbonyl (C=O) groups is 1. The minimum atomic E-state index is -0.444. The number of methoxy groups -OCH3 is 1. The lowest BCUT2D eigenvalue weighted by atomic mass is 10.2. The summed E-state index contributed by atoms with van der Waals surface area (Å²) in [6.45, 7) is 0.259. The Morgan fingerprint density at radius 3 is 2.84 bits per heavy atom. The third-order valence-corrected chi connectivity index (χ3v) is 6.13. The lowest BCUT2D eigenvalue weighted by Crippen LogP contribution is -2.24. The molecular formula is C17H14BrFN2O2S2. The van der Waals surface area contributed by atoms with Crippen LogP contribution in [-0.4, -0.2) is 18.0 Å². The normalized spacial score (nSPS) is 10.7. The highest BCUT2D eigenvalue weighted by molar-refractivity contribution is 9.10. The van der Waals surface area contributed by atoms with Gasteiger partial charge < -0.3 is 10.1 Å². The fraction of sp³-hybridized carbons (Fsp3) is 0.176. The van der Waals surface area contributed by atoms with E-state index < -0.39 is 5.82 Å². The summed E-state index contributed by atoms with van der Waals surface area (Å²) in [7, 11) is 1.41. The summed E-state index contributed by atoms with van der Waals surface area (Å²) in [6, 6.07) is 6.63. The van der Waals surface area contributed by atoms with Crippen molar-refractivity contribution >= 4 is 44.5 Å². The number of amides is 1. The third-order valence-electron chi connectivity index (χ3n) is 3.38.